The van der Waals surface area contributed by atoms with Gasteiger partial charge < -0.3 is 18.9 Å². The number of allylic oxidation sites excluding steroid dienone is 1. The van der Waals surface area contributed by atoms with Crippen molar-refractivity contribution in [2.24, 2.45) is 0 Å². The highest BCUT2D eigenvalue weighted by atomic mass is 35.5. The minimum absolute atomic E-state index is 0.0376. The summed E-state index contributed by atoms with van der Waals surface area (Å²) in [7, 11) is 4.61. The van der Waals surface area contributed by atoms with E-state index in [0.717, 1.165) is 5.56 Å². The molecule has 0 fully saturated rings. The number of benzene rings is 2. The number of hydrogen-bond donors (Lipinski definition) is 0. The molecule has 0 saturated carbocycles. The number of halogens is 1. The van der Waals surface area contributed by atoms with Crippen LogP contribution in [0.3, 0.4) is 0 Å². The monoisotopic (exact) mass is 390 g/mol. The van der Waals surface area contributed by atoms with Crippen molar-refractivity contribution < 1.29 is 23.7 Å². The van der Waals surface area contributed by atoms with Gasteiger partial charge in [-0.25, -0.2) is 0 Å². The van der Waals surface area contributed by atoms with Crippen molar-refractivity contribution in [3.05, 3.63) is 52.6 Å². The second-order valence-corrected chi connectivity index (χ2v) is 6.38. The molecule has 0 aliphatic heterocycles. The molecule has 2 aromatic rings. The maximum absolute atomic E-state index is 12.5. The lowest BCUT2D eigenvalue weighted by Gasteiger charge is -2.15. The standard InChI is InChI=1S/C21H23ClO5/c1-13(2)27-21-16(22)10-14(11-20(21)26-5)6-8-17(23)15-7-9-18(24-3)19(12-15)25-4/h6-13H,1-5H3. The zero-order valence-corrected chi connectivity index (χ0v) is 16.8. The SMILES string of the molecule is COc1ccc(C(=O)C=Cc2cc(Cl)c(OC(C)C)c(OC)c2)cc1OC. The van der Waals surface area contributed by atoms with Crippen LogP contribution in [-0.2, 0) is 0 Å². The summed E-state index contributed by atoms with van der Waals surface area (Å²) in [6, 6.07) is 8.50. The van der Waals surface area contributed by atoms with Crippen LogP contribution in [0, 0.1) is 0 Å². The van der Waals surface area contributed by atoms with Crippen LogP contribution in [0.5, 0.6) is 23.0 Å². The summed E-state index contributed by atoms with van der Waals surface area (Å²) in [5.74, 6) is 1.88. The van der Waals surface area contributed by atoms with Gasteiger partial charge >= 0.3 is 0 Å². The van der Waals surface area contributed by atoms with Crippen molar-refractivity contribution in [2.45, 2.75) is 20.0 Å². The Balaban J connectivity index is 2.27. The lowest BCUT2D eigenvalue weighted by atomic mass is 10.1. The summed E-state index contributed by atoms with van der Waals surface area (Å²) in [5, 5.41) is 0.418. The van der Waals surface area contributed by atoms with Crippen LogP contribution in [0.4, 0.5) is 0 Å². The molecule has 2 aromatic carbocycles. The van der Waals surface area contributed by atoms with Gasteiger partial charge in [0.05, 0.1) is 32.5 Å². The molecule has 27 heavy (non-hydrogen) atoms. The third-order valence-corrected chi connectivity index (χ3v) is 3.98. The predicted octanol–water partition coefficient (Wildman–Crippen LogP) is 5.05. The normalized spacial score (nSPS) is 10.9. The molecule has 6 heteroatoms. The number of ketones is 1. The number of methoxy groups -OCH3 is 3. The van der Waals surface area contributed by atoms with E-state index in [9.17, 15) is 4.79 Å². The zero-order chi connectivity index (χ0) is 20.0. The van der Waals surface area contributed by atoms with Crippen molar-refractivity contribution in [1.29, 1.82) is 0 Å². The Kier molecular flexibility index (Phi) is 7.13. The molecular weight excluding hydrogens is 368 g/mol. The van der Waals surface area contributed by atoms with Crippen LogP contribution in [0.1, 0.15) is 29.8 Å². The van der Waals surface area contributed by atoms with E-state index < -0.39 is 0 Å². The van der Waals surface area contributed by atoms with Gasteiger partial charge in [0.1, 0.15) is 0 Å². The highest BCUT2D eigenvalue weighted by molar-refractivity contribution is 6.32. The van der Waals surface area contributed by atoms with Gasteiger partial charge in [0.15, 0.2) is 28.8 Å². The van der Waals surface area contributed by atoms with E-state index in [0.29, 0.717) is 33.6 Å². The first-order valence-corrected chi connectivity index (χ1v) is 8.76. The van der Waals surface area contributed by atoms with E-state index in [4.69, 9.17) is 30.5 Å². The molecule has 0 aliphatic carbocycles. The van der Waals surface area contributed by atoms with Crippen molar-refractivity contribution in [3.63, 3.8) is 0 Å². The minimum atomic E-state index is -0.173. The third-order valence-electron chi connectivity index (χ3n) is 3.70. The van der Waals surface area contributed by atoms with Gasteiger partial charge in [-0.2, -0.15) is 0 Å². The maximum atomic E-state index is 12.5. The molecule has 0 heterocycles. The Hall–Kier alpha value is -2.66. The largest absolute Gasteiger partial charge is 0.493 e. The van der Waals surface area contributed by atoms with E-state index in [-0.39, 0.29) is 11.9 Å². The van der Waals surface area contributed by atoms with E-state index >= 15 is 0 Å². The summed E-state index contributed by atoms with van der Waals surface area (Å²) in [5.41, 5.74) is 1.21. The second-order valence-electron chi connectivity index (χ2n) is 5.97. The fourth-order valence-electron chi connectivity index (χ4n) is 2.44. The quantitative estimate of drug-likeness (QED) is 0.466. The van der Waals surface area contributed by atoms with E-state index in [1.165, 1.54) is 13.2 Å². The molecular formula is C21H23ClO5. The molecule has 0 spiro atoms. The molecule has 2 rings (SSSR count). The summed E-state index contributed by atoms with van der Waals surface area (Å²) in [4.78, 5) is 12.5. The molecule has 0 bridgehead atoms. The van der Waals surface area contributed by atoms with Crippen molar-refractivity contribution >= 4 is 23.5 Å². The average Bonchev–Trinajstić information content (AvgIpc) is 2.66. The highest BCUT2D eigenvalue weighted by Crippen LogP contribution is 2.37. The van der Waals surface area contributed by atoms with E-state index in [2.05, 4.69) is 0 Å². The minimum Gasteiger partial charge on any atom is -0.493 e. The lowest BCUT2D eigenvalue weighted by molar-refractivity contribution is 0.104. The summed E-state index contributed by atoms with van der Waals surface area (Å²) < 4.78 is 21.5. The topological polar surface area (TPSA) is 54.0 Å². The molecule has 0 radical (unpaired) electrons. The summed E-state index contributed by atoms with van der Waals surface area (Å²) in [6.45, 7) is 3.82. The lowest BCUT2D eigenvalue weighted by Crippen LogP contribution is -2.07. The average molecular weight is 391 g/mol. The number of carbonyl (C=O) groups is 1. The fraction of sp³-hybridized carbons (Fsp3) is 0.286. The van der Waals surface area contributed by atoms with Crippen LogP contribution >= 0.6 is 11.6 Å². The van der Waals surface area contributed by atoms with Gasteiger partial charge in [0.2, 0.25) is 0 Å². The summed E-state index contributed by atoms with van der Waals surface area (Å²) >= 11 is 6.31. The second kappa shape index (κ2) is 9.33. The Bertz CT molecular complexity index is 843. The first-order chi connectivity index (χ1) is 12.9. The van der Waals surface area contributed by atoms with Crippen molar-refractivity contribution in [3.8, 4) is 23.0 Å². The first kappa shape index (κ1) is 20.6. The predicted molar refractivity (Wildman–Crippen MR) is 107 cm³/mol. The first-order valence-electron chi connectivity index (χ1n) is 8.38. The van der Waals surface area contributed by atoms with Crippen LogP contribution in [0.25, 0.3) is 6.08 Å². The maximum Gasteiger partial charge on any atom is 0.185 e. The molecule has 0 amide bonds. The van der Waals surface area contributed by atoms with Gasteiger partial charge in [-0.15, -0.1) is 0 Å². The zero-order valence-electron chi connectivity index (χ0n) is 16.0. The third kappa shape index (κ3) is 5.17. The molecule has 0 unspecified atom stereocenters. The van der Waals surface area contributed by atoms with E-state index in [1.54, 1.807) is 50.6 Å². The molecule has 0 aromatic heterocycles. The Labute approximate surface area is 164 Å². The van der Waals surface area contributed by atoms with Gasteiger partial charge in [0.25, 0.3) is 0 Å². The molecule has 5 nitrogen and oxygen atoms in total. The van der Waals surface area contributed by atoms with Crippen molar-refractivity contribution in [1.82, 2.24) is 0 Å². The molecule has 0 saturated heterocycles. The van der Waals surface area contributed by atoms with Gasteiger partial charge in [-0.1, -0.05) is 17.7 Å². The molecule has 0 aliphatic rings. The molecule has 0 N–H and O–H groups in total. The number of carbonyl (C=O) groups excluding carboxylic acids is 1. The Morgan fingerprint density at radius 3 is 2.22 bits per heavy atom. The molecule has 144 valence electrons. The van der Waals surface area contributed by atoms with Crippen LogP contribution in [-0.4, -0.2) is 33.2 Å². The Morgan fingerprint density at radius 1 is 0.963 bits per heavy atom. The smallest absolute Gasteiger partial charge is 0.185 e. The highest BCUT2D eigenvalue weighted by Gasteiger charge is 2.13. The Morgan fingerprint density at radius 2 is 1.63 bits per heavy atom. The van der Waals surface area contributed by atoms with Gasteiger partial charge in [-0.3, -0.25) is 4.79 Å². The van der Waals surface area contributed by atoms with Crippen molar-refractivity contribution in [2.75, 3.05) is 21.3 Å². The van der Waals surface area contributed by atoms with E-state index in [1.807, 2.05) is 13.8 Å². The summed E-state index contributed by atoms with van der Waals surface area (Å²) in [6.07, 6.45) is 3.10. The van der Waals surface area contributed by atoms with Crippen LogP contribution < -0.4 is 18.9 Å². The van der Waals surface area contributed by atoms with Gasteiger partial charge in [-0.05, 0) is 55.8 Å². The van der Waals surface area contributed by atoms with Crippen LogP contribution in [0.2, 0.25) is 5.02 Å². The number of ether oxygens (including phenoxy) is 4. The fourth-order valence-corrected chi connectivity index (χ4v) is 2.71. The number of hydrogen-bond acceptors (Lipinski definition) is 5. The van der Waals surface area contributed by atoms with Crippen LogP contribution in [0.15, 0.2) is 36.4 Å². The number of rotatable bonds is 8. The van der Waals surface area contributed by atoms with Gasteiger partial charge in [0, 0.05) is 5.56 Å². The molecule has 0 atom stereocenters.